The van der Waals surface area contributed by atoms with Crippen LogP contribution in [0, 0.1) is 0 Å². The molecule has 0 atom stereocenters. The third-order valence-electron chi connectivity index (χ3n) is 3.06. The minimum absolute atomic E-state index is 0.533. The van der Waals surface area contributed by atoms with E-state index in [-0.39, 0.29) is 0 Å². The molecule has 0 aliphatic carbocycles. The number of aromatic nitrogens is 1. The average molecular weight is 307 g/mol. The Balaban J connectivity index is 2.05. The second-order valence-corrected chi connectivity index (χ2v) is 5.00. The van der Waals surface area contributed by atoms with Crippen LogP contribution in [0.1, 0.15) is 11.1 Å². The normalized spacial score (nSPS) is 10.4. The van der Waals surface area contributed by atoms with Crippen molar-refractivity contribution in [3.05, 3.63) is 52.8 Å². The Morgan fingerprint density at radius 3 is 2.62 bits per heavy atom. The van der Waals surface area contributed by atoms with Crippen LogP contribution in [-0.2, 0) is 13.0 Å². The molecule has 5 heteroatoms. The highest BCUT2D eigenvalue weighted by Crippen LogP contribution is 2.36. The van der Waals surface area contributed by atoms with Crippen LogP contribution in [0.25, 0.3) is 0 Å². The zero-order valence-corrected chi connectivity index (χ0v) is 13.0. The Morgan fingerprint density at radius 2 is 1.95 bits per heavy atom. The molecule has 0 bridgehead atoms. The summed E-state index contributed by atoms with van der Waals surface area (Å²) in [7, 11) is 3.50. The second-order valence-electron chi connectivity index (χ2n) is 4.59. The summed E-state index contributed by atoms with van der Waals surface area (Å²) in [4.78, 5) is 3.99. The van der Waals surface area contributed by atoms with Crippen molar-refractivity contribution in [3.8, 4) is 11.5 Å². The highest BCUT2D eigenvalue weighted by Gasteiger charge is 2.11. The molecule has 4 nitrogen and oxygen atoms in total. The Morgan fingerprint density at radius 1 is 1.19 bits per heavy atom. The largest absolute Gasteiger partial charge is 0.493 e. The van der Waals surface area contributed by atoms with Crippen LogP contribution >= 0.6 is 11.6 Å². The summed E-state index contributed by atoms with van der Waals surface area (Å²) in [6.07, 6.45) is 4.34. The number of halogens is 1. The van der Waals surface area contributed by atoms with Crippen LogP contribution in [0.5, 0.6) is 11.5 Å². The van der Waals surface area contributed by atoms with Gasteiger partial charge in [-0.05, 0) is 42.4 Å². The molecule has 0 unspecified atom stereocenters. The lowest BCUT2D eigenvalue weighted by Gasteiger charge is -2.14. The molecule has 1 aromatic heterocycles. The number of hydrogen-bond acceptors (Lipinski definition) is 4. The molecule has 0 radical (unpaired) electrons. The molecular formula is C16H19ClN2O2. The van der Waals surface area contributed by atoms with E-state index >= 15 is 0 Å². The van der Waals surface area contributed by atoms with Crippen LogP contribution < -0.4 is 14.8 Å². The summed E-state index contributed by atoms with van der Waals surface area (Å²) in [5.41, 5.74) is 2.23. The first-order valence-corrected chi connectivity index (χ1v) is 7.15. The predicted molar refractivity (Wildman–Crippen MR) is 84.2 cm³/mol. The highest BCUT2D eigenvalue weighted by atomic mass is 35.5. The third kappa shape index (κ3) is 4.34. The maximum atomic E-state index is 6.29. The fourth-order valence-electron chi connectivity index (χ4n) is 2.04. The van der Waals surface area contributed by atoms with Gasteiger partial charge in [0.1, 0.15) is 0 Å². The van der Waals surface area contributed by atoms with Crippen LogP contribution in [0.3, 0.4) is 0 Å². The molecule has 0 saturated carbocycles. The molecule has 2 rings (SSSR count). The van der Waals surface area contributed by atoms with E-state index in [1.165, 1.54) is 5.56 Å². The van der Waals surface area contributed by atoms with Gasteiger partial charge >= 0.3 is 0 Å². The number of ether oxygens (including phenoxy) is 2. The summed E-state index contributed by atoms with van der Waals surface area (Å²) in [5.74, 6) is 1.25. The molecule has 0 aliphatic heterocycles. The first-order chi connectivity index (χ1) is 10.2. The molecule has 0 saturated heterocycles. The molecule has 1 aromatic carbocycles. The summed E-state index contributed by atoms with van der Waals surface area (Å²) < 4.78 is 11.2. The van der Waals surface area contributed by atoms with E-state index < -0.39 is 0 Å². The van der Waals surface area contributed by atoms with Gasteiger partial charge in [0.2, 0.25) is 0 Å². The first kappa shape index (κ1) is 15.6. The fourth-order valence-corrected chi connectivity index (χ4v) is 2.33. The van der Waals surface area contributed by atoms with Gasteiger partial charge in [0, 0.05) is 25.4 Å². The fraction of sp³-hybridized carbons (Fsp3) is 0.312. The van der Waals surface area contributed by atoms with Crippen molar-refractivity contribution in [2.45, 2.75) is 13.0 Å². The van der Waals surface area contributed by atoms with Crippen LogP contribution in [0.15, 0.2) is 36.7 Å². The molecule has 2 aromatic rings. The molecule has 0 fully saturated rings. The van der Waals surface area contributed by atoms with Crippen molar-refractivity contribution in [3.63, 3.8) is 0 Å². The molecule has 21 heavy (non-hydrogen) atoms. The van der Waals surface area contributed by atoms with Gasteiger partial charge in [-0.15, -0.1) is 0 Å². The Labute approximate surface area is 130 Å². The summed E-state index contributed by atoms with van der Waals surface area (Å²) >= 11 is 6.29. The third-order valence-corrected chi connectivity index (χ3v) is 3.34. The number of pyridine rings is 1. The van der Waals surface area contributed by atoms with E-state index in [1.807, 2.05) is 31.3 Å². The average Bonchev–Trinajstić information content (AvgIpc) is 2.50. The maximum Gasteiger partial charge on any atom is 0.179 e. The lowest BCUT2D eigenvalue weighted by molar-refractivity contribution is 0.297. The number of benzene rings is 1. The predicted octanol–water partition coefficient (Wildman–Crippen LogP) is 3.08. The zero-order valence-electron chi connectivity index (χ0n) is 12.2. The molecule has 112 valence electrons. The number of nitrogens with zero attached hydrogens (tertiary/aromatic N) is 1. The minimum atomic E-state index is 0.533. The first-order valence-electron chi connectivity index (χ1n) is 6.77. The smallest absolute Gasteiger partial charge is 0.179 e. The van der Waals surface area contributed by atoms with E-state index in [9.17, 15) is 0 Å². The van der Waals surface area contributed by atoms with Gasteiger partial charge in [-0.1, -0.05) is 11.6 Å². The Bertz CT molecular complexity index is 576. The number of methoxy groups -OCH3 is 1. The Hall–Kier alpha value is -1.78. The molecule has 1 heterocycles. The van der Waals surface area contributed by atoms with Gasteiger partial charge in [0.05, 0.1) is 18.7 Å². The number of rotatable bonds is 7. The van der Waals surface area contributed by atoms with E-state index in [0.717, 1.165) is 18.5 Å². The van der Waals surface area contributed by atoms with E-state index in [1.54, 1.807) is 19.5 Å². The molecule has 0 aliphatic rings. The lowest BCUT2D eigenvalue weighted by atomic mass is 10.2. The van der Waals surface area contributed by atoms with E-state index in [4.69, 9.17) is 21.1 Å². The summed E-state index contributed by atoms with van der Waals surface area (Å²) in [5, 5.41) is 3.65. The second kappa shape index (κ2) is 7.86. The van der Waals surface area contributed by atoms with E-state index in [0.29, 0.717) is 23.1 Å². The SMILES string of the molecule is CNCc1cc(Cl)c(OCCc2ccncc2)c(OC)c1. The van der Waals surface area contributed by atoms with Crippen molar-refractivity contribution in [2.75, 3.05) is 20.8 Å². The van der Waals surface area contributed by atoms with Gasteiger partial charge in [-0.2, -0.15) is 0 Å². The molecule has 0 spiro atoms. The standard InChI is InChI=1S/C16H19ClN2O2/c1-18-11-13-9-14(17)16(15(10-13)20-2)21-8-5-12-3-6-19-7-4-12/h3-4,6-7,9-10,18H,5,8,11H2,1-2H3. The van der Waals surface area contributed by atoms with Crippen molar-refractivity contribution >= 4 is 11.6 Å². The van der Waals surface area contributed by atoms with Gasteiger partial charge in [-0.25, -0.2) is 0 Å². The van der Waals surface area contributed by atoms with Crippen LogP contribution in [0.2, 0.25) is 5.02 Å². The van der Waals surface area contributed by atoms with Crippen molar-refractivity contribution in [1.29, 1.82) is 0 Å². The quantitative estimate of drug-likeness (QED) is 0.853. The lowest BCUT2D eigenvalue weighted by Crippen LogP contribution is -2.07. The van der Waals surface area contributed by atoms with Gasteiger partial charge in [-0.3, -0.25) is 4.98 Å². The summed E-state index contributed by atoms with van der Waals surface area (Å²) in [6.45, 7) is 1.26. The van der Waals surface area contributed by atoms with Gasteiger partial charge < -0.3 is 14.8 Å². The van der Waals surface area contributed by atoms with Crippen molar-refractivity contribution in [1.82, 2.24) is 10.3 Å². The van der Waals surface area contributed by atoms with Crippen molar-refractivity contribution < 1.29 is 9.47 Å². The minimum Gasteiger partial charge on any atom is -0.493 e. The van der Waals surface area contributed by atoms with Crippen LogP contribution in [-0.4, -0.2) is 25.7 Å². The number of nitrogens with one attached hydrogen (secondary N) is 1. The maximum absolute atomic E-state index is 6.29. The molecule has 1 N–H and O–H groups in total. The Kier molecular flexibility index (Phi) is 5.84. The van der Waals surface area contributed by atoms with E-state index in [2.05, 4.69) is 10.3 Å². The highest BCUT2D eigenvalue weighted by molar-refractivity contribution is 6.32. The van der Waals surface area contributed by atoms with Gasteiger partial charge in [0.15, 0.2) is 11.5 Å². The monoisotopic (exact) mass is 306 g/mol. The molecule has 0 amide bonds. The zero-order chi connectivity index (χ0) is 15.1. The topological polar surface area (TPSA) is 43.4 Å². The van der Waals surface area contributed by atoms with Crippen LogP contribution in [0.4, 0.5) is 0 Å². The molecular weight excluding hydrogens is 288 g/mol. The number of hydrogen-bond donors (Lipinski definition) is 1. The van der Waals surface area contributed by atoms with Crippen molar-refractivity contribution in [2.24, 2.45) is 0 Å². The summed E-state index contributed by atoms with van der Waals surface area (Å²) in [6, 6.07) is 7.77. The van der Waals surface area contributed by atoms with Gasteiger partial charge in [0.25, 0.3) is 0 Å².